The first-order valence-electron chi connectivity index (χ1n) is 12.4. The molecule has 0 N–H and O–H groups in total. The van der Waals surface area contributed by atoms with Crippen molar-refractivity contribution in [2.24, 2.45) is 13.0 Å². The molecule has 1 saturated carbocycles. The Hall–Kier alpha value is -3.66. The van der Waals surface area contributed by atoms with Crippen LogP contribution in [0.5, 0.6) is 0 Å². The van der Waals surface area contributed by atoms with E-state index in [2.05, 4.69) is 57.0 Å². The van der Waals surface area contributed by atoms with Gasteiger partial charge >= 0.3 is 0 Å². The zero-order valence-electron chi connectivity index (χ0n) is 20.0. The van der Waals surface area contributed by atoms with Gasteiger partial charge in [0.1, 0.15) is 11.8 Å². The Kier molecular flexibility index (Phi) is 5.32. The molecule has 1 saturated heterocycles. The van der Waals surface area contributed by atoms with Gasteiger partial charge in [0.05, 0.1) is 34.9 Å². The van der Waals surface area contributed by atoms with Crippen LogP contribution in [-0.2, 0) is 20.0 Å². The number of alkyl halides is 1. The maximum Gasteiger partial charge on any atom is 0.157 e. The summed E-state index contributed by atoms with van der Waals surface area (Å²) < 4.78 is 18.4. The number of halogens is 1. The van der Waals surface area contributed by atoms with Gasteiger partial charge in [-0.1, -0.05) is 12.6 Å². The number of hydrogen-bond acceptors (Lipinski definition) is 4. The molecule has 178 valence electrons. The smallest absolute Gasteiger partial charge is 0.157 e. The van der Waals surface area contributed by atoms with Crippen molar-refractivity contribution in [3.63, 3.8) is 0 Å². The first-order chi connectivity index (χ1) is 17.0. The molecular formula is C28H29FN6. The normalized spacial score (nSPS) is 18.3. The van der Waals surface area contributed by atoms with E-state index in [1.165, 1.54) is 12.8 Å². The number of piperidine rings is 1. The number of hydrogen-bond donors (Lipinski definition) is 0. The fourth-order valence-electron chi connectivity index (χ4n) is 5.24. The number of imidazole rings is 1. The molecule has 4 heterocycles. The number of nitriles is 1. The van der Waals surface area contributed by atoms with Crippen LogP contribution in [0, 0.1) is 17.2 Å². The van der Waals surface area contributed by atoms with Gasteiger partial charge < -0.3 is 14.0 Å². The minimum Gasteiger partial charge on any atom is -0.369 e. The van der Waals surface area contributed by atoms with Gasteiger partial charge in [-0.25, -0.2) is 14.4 Å². The number of benzene rings is 1. The van der Waals surface area contributed by atoms with Crippen molar-refractivity contribution in [2.45, 2.75) is 44.8 Å². The second-order valence-corrected chi connectivity index (χ2v) is 9.96. The molecule has 0 bridgehead atoms. The summed E-state index contributed by atoms with van der Waals surface area (Å²) in [7, 11) is 2.05. The first-order valence-corrected chi connectivity index (χ1v) is 12.4. The topological polar surface area (TPSA) is 62.7 Å². The van der Waals surface area contributed by atoms with Crippen molar-refractivity contribution in [3.05, 3.63) is 54.2 Å². The van der Waals surface area contributed by atoms with Crippen molar-refractivity contribution in [1.82, 2.24) is 24.0 Å². The van der Waals surface area contributed by atoms with Crippen molar-refractivity contribution in [1.29, 1.82) is 5.26 Å². The van der Waals surface area contributed by atoms with E-state index >= 15 is 0 Å². The van der Waals surface area contributed by atoms with E-state index in [0.717, 1.165) is 70.0 Å². The van der Waals surface area contributed by atoms with Gasteiger partial charge in [0.2, 0.25) is 0 Å². The number of aromatic nitrogens is 4. The molecule has 6 nitrogen and oxygen atoms in total. The minimum atomic E-state index is -0.790. The number of fused-ring (bicyclic) bond motifs is 2. The summed E-state index contributed by atoms with van der Waals surface area (Å²) >= 11 is 0. The van der Waals surface area contributed by atoms with Gasteiger partial charge in [0.15, 0.2) is 5.82 Å². The molecule has 3 aromatic heterocycles. The molecule has 2 aliphatic rings. The van der Waals surface area contributed by atoms with Crippen LogP contribution in [0.2, 0.25) is 0 Å². The third-order valence-electron chi connectivity index (χ3n) is 7.39. The van der Waals surface area contributed by atoms with E-state index < -0.39 is 6.17 Å². The van der Waals surface area contributed by atoms with Gasteiger partial charge in [0.25, 0.3) is 0 Å². The molecule has 6 rings (SSSR count). The Morgan fingerprint density at radius 2 is 2.03 bits per heavy atom. The van der Waals surface area contributed by atoms with Crippen LogP contribution >= 0.6 is 0 Å². The first kappa shape index (κ1) is 21.8. The lowest BCUT2D eigenvalue weighted by molar-refractivity contribution is 0.188. The van der Waals surface area contributed by atoms with Crippen LogP contribution in [0.1, 0.15) is 36.9 Å². The van der Waals surface area contributed by atoms with E-state index in [4.69, 9.17) is 15.2 Å². The molecular weight excluding hydrogens is 439 g/mol. The molecule has 0 spiro atoms. The van der Waals surface area contributed by atoms with Gasteiger partial charge in [-0.2, -0.15) is 5.26 Å². The summed E-state index contributed by atoms with van der Waals surface area (Å²) in [4.78, 5) is 11.9. The third kappa shape index (κ3) is 3.97. The monoisotopic (exact) mass is 468 g/mol. The Bertz CT molecular complexity index is 1480. The number of aryl methyl sites for hydroxylation is 1. The molecule has 7 heteroatoms. The summed E-state index contributed by atoms with van der Waals surface area (Å²) in [5.41, 5.74) is 6.55. The highest BCUT2D eigenvalue weighted by Gasteiger charge is 2.26. The Morgan fingerprint density at radius 3 is 2.80 bits per heavy atom. The molecule has 4 aromatic rings. The maximum absolute atomic E-state index is 14.0. The minimum absolute atomic E-state index is 0.305. The maximum atomic E-state index is 14.0. The van der Waals surface area contributed by atoms with Crippen molar-refractivity contribution < 1.29 is 4.39 Å². The molecule has 0 amide bonds. The molecule has 1 atom stereocenters. The number of pyridine rings is 1. The second-order valence-electron chi connectivity index (χ2n) is 9.96. The number of likely N-dealkylation sites (tertiary alicyclic amines) is 1. The average Bonchev–Trinajstić information content (AvgIpc) is 3.54. The third-order valence-corrected chi connectivity index (χ3v) is 7.39. The lowest BCUT2D eigenvalue weighted by Crippen LogP contribution is -2.34. The van der Waals surface area contributed by atoms with E-state index in [0.29, 0.717) is 25.3 Å². The highest BCUT2D eigenvalue weighted by molar-refractivity contribution is 5.87. The highest BCUT2D eigenvalue weighted by Crippen LogP contribution is 2.36. The summed E-state index contributed by atoms with van der Waals surface area (Å²) in [5, 5.41) is 10.2. The second kappa shape index (κ2) is 8.53. The van der Waals surface area contributed by atoms with E-state index in [9.17, 15) is 4.39 Å². The fourth-order valence-corrected chi connectivity index (χ4v) is 5.24. The Balaban J connectivity index is 1.42. The predicted octanol–water partition coefficient (Wildman–Crippen LogP) is 5.47. The summed E-state index contributed by atoms with van der Waals surface area (Å²) in [6.45, 7) is 6.43. The zero-order valence-corrected chi connectivity index (χ0v) is 20.0. The van der Waals surface area contributed by atoms with Gasteiger partial charge in [-0.15, -0.1) is 0 Å². The summed E-state index contributed by atoms with van der Waals surface area (Å²) in [6.07, 6.45) is 3.47. The largest absolute Gasteiger partial charge is 0.369 e. The summed E-state index contributed by atoms with van der Waals surface area (Å²) in [6, 6.07) is 14.6. The van der Waals surface area contributed by atoms with Gasteiger partial charge in [-0.05, 0) is 67.5 Å². The van der Waals surface area contributed by atoms with E-state index in [1.807, 2.05) is 13.1 Å². The molecule has 1 aromatic carbocycles. The van der Waals surface area contributed by atoms with Crippen molar-refractivity contribution >= 4 is 27.8 Å². The molecule has 1 aliphatic carbocycles. The predicted molar refractivity (Wildman–Crippen MR) is 136 cm³/mol. The number of rotatable bonds is 6. The van der Waals surface area contributed by atoms with Crippen LogP contribution in [0.15, 0.2) is 43.0 Å². The van der Waals surface area contributed by atoms with Crippen LogP contribution in [0.25, 0.3) is 39.3 Å². The van der Waals surface area contributed by atoms with Crippen LogP contribution < -0.4 is 0 Å². The lowest BCUT2D eigenvalue weighted by atomic mass is 10.1. The molecule has 1 unspecified atom stereocenters. The molecule has 1 aliphatic heterocycles. The average molecular weight is 469 g/mol. The number of nitrogens with zero attached hydrogens (tertiary/aromatic N) is 6. The Labute approximate surface area is 204 Å². The van der Waals surface area contributed by atoms with Crippen LogP contribution in [0.3, 0.4) is 0 Å². The van der Waals surface area contributed by atoms with Gasteiger partial charge in [-0.3, -0.25) is 0 Å². The fraction of sp³-hybridized carbons (Fsp3) is 0.393. The highest BCUT2D eigenvalue weighted by atomic mass is 19.1. The van der Waals surface area contributed by atoms with E-state index in [1.54, 1.807) is 0 Å². The Morgan fingerprint density at radius 1 is 1.17 bits per heavy atom. The molecule has 35 heavy (non-hydrogen) atoms. The van der Waals surface area contributed by atoms with Gasteiger partial charge in [0, 0.05) is 37.8 Å². The van der Waals surface area contributed by atoms with Crippen molar-refractivity contribution in [3.8, 4) is 17.6 Å². The summed E-state index contributed by atoms with van der Waals surface area (Å²) in [5.74, 6) is 1.56. The quantitative estimate of drug-likeness (QED) is 0.376. The lowest BCUT2D eigenvalue weighted by Gasteiger charge is -2.32. The van der Waals surface area contributed by atoms with Crippen molar-refractivity contribution in [2.75, 3.05) is 13.1 Å². The SMILES string of the molecule is C=C(c1ccc2c(c1)nc(-c1cc3ccc(CC#N)nc3n1CC1CC1)n2C)N1CCCC(F)C1. The van der Waals surface area contributed by atoms with E-state index in [-0.39, 0.29) is 0 Å². The van der Waals surface area contributed by atoms with Crippen LogP contribution in [0.4, 0.5) is 4.39 Å². The van der Waals surface area contributed by atoms with Crippen LogP contribution in [-0.4, -0.2) is 43.3 Å². The molecule has 0 radical (unpaired) electrons. The standard InChI is InChI=1S/C28H29FN6/c1-18(34-13-3-4-22(29)17-34)20-8-10-25-24(14-20)32-28(33(25)2)26-15-21-7-9-23(11-12-30)31-27(21)35(26)16-19-5-6-19/h7-10,14-15,19,22H,1,3-6,11,13,16-17H2,2H3. The zero-order chi connectivity index (χ0) is 24.1. The molecule has 2 fully saturated rings.